The molecule has 1 saturated heterocycles. The van der Waals surface area contributed by atoms with Gasteiger partial charge in [0.15, 0.2) is 0 Å². The molecule has 3 atom stereocenters. The summed E-state index contributed by atoms with van der Waals surface area (Å²) < 4.78 is 0. The largest absolute Gasteiger partial charge is 0.480 e. The second-order valence-corrected chi connectivity index (χ2v) is 8.35. The zero-order chi connectivity index (χ0) is 20.4. The summed E-state index contributed by atoms with van der Waals surface area (Å²) >= 11 is 0. The number of hydrogen-bond acceptors (Lipinski definition) is 3. The van der Waals surface area contributed by atoms with E-state index in [1.807, 2.05) is 16.8 Å². The zero-order valence-electron chi connectivity index (χ0n) is 16.9. The van der Waals surface area contributed by atoms with E-state index in [0.717, 1.165) is 32.2 Å². The van der Waals surface area contributed by atoms with E-state index < -0.39 is 5.97 Å². The van der Waals surface area contributed by atoms with Crippen LogP contribution in [-0.2, 0) is 4.79 Å². The van der Waals surface area contributed by atoms with Gasteiger partial charge in [0.1, 0.15) is 0 Å². The van der Waals surface area contributed by atoms with Crippen LogP contribution in [0.1, 0.15) is 37.2 Å². The number of rotatable bonds is 5. The lowest BCUT2D eigenvalue weighted by Crippen LogP contribution is -2.42. The molecule has 6 nitrogen and oxygen atoms in total. The van der Waals surface area contributed by atoms with Crippen LogP contribution in [0.5, 0.6) is 0 Å². The quantitative estimate of drug-likeness (QED) is 0.815. The fourth-order valence-corrected chi connectivity index (χ4v) is 4.59. The summed E-state index contributed by atoms with van der Waals surface area (Å²) in [5.41, 5.74) is 1.32. The molecule has 2 N–H and O–H groups in total. The van der Waals surface area contributed by atoms with E-state index >= 15 is 0 Å². The fraction of sp³-hybridized carbons (Fsp3) is 0.478. The van der Waals surface area contributed by atoms with Crippen molar-refractivity contribution in [3.8, 4) is 0 Å². The number of fused-ring (bicyclic) bond motifs is 1. The van der Waals surface area contributed by atoms with Gasteiger partial charge in [-0.3, -0.25) is 9.69 Å². The number of hydrogen-bond donors (Lipinski definition) is 2. The molecule has 0 aromatic heterocycles. The Bertz CT molecular complexity index is 895. The van der Waals surface area contributed by atoms with Gasteiger partial charge < -0.3 is 15.3 Å². The Morgan fingerprint density at radius 1 is 1.14 bits per heavy atom. The van der Waals surface area contributed by atoms with Crippen LogP contribution < -0.4 is 5.32 Å². The summed E-state index contributed by atoms with van der Waals surface area (Å²) in [5, 5.41) is 14.7. The topological polar surface area (TPSA) is 72.9 Å². The van der Waals surface area contributed by atoms with Crippen LogP contribution in [0.3, 0.4) is 0 Å². The Kier molecular flexibility index (Phi) is 5.72. The Morgan fingerprint density at radius 3 is 2.76 bits per heavy atom. The molecule has 6 heteroatoms. The lowest BCUT2D eigenvalue weighted by atomic mass is 10.0. The molecule has 2 aromatic carbocycles. The minimum Gasteiger partial charge on any atom is -0.480 e. The Morgan fingerprint density at radius 2 is 1.93 bits per heavy atom. The highest BCUT2D eigenvalue weighted by atomic mass is 16.4. The van der Waals surface area contributed by atoms with Gasteiger partial charge in [0.05, 0.1) is 6.54 Å². The molecule has 0 radical (unpaired) electrons. The molecule has 2 fully saturated rings. The first kappa shape index (κ1) is 19.7. The van der Waals surface area contributed by atoms with Crippen LogP contribution in [0.2, 0.25) is 0 Å². The number of nitrogens with zero attached hydrogens (tertiary/aromatic N) is 2. The van der Waals surface area contributed by atoms with Gasteiger partial charge in [0, 0.05) is 31.1 Å². The number of likely N-dealkylation sites (tertiary alicyclic amines) is 1. The SMILES string of the molecule is CN(CC(=O)O)C1CCCN(C(=O)N[C@@H]2C[C@H]2c2cccc3ccccc23)CC1. The van der Waals surface area contributed by atoms with Crippen LogP contribution in [0.15, 0.2) is 42.5 Å². The first-order valence-corrected chi connectivity index (χ1v) is 10.5. The van der Waals surface area contributed by atoms with Gasteiger partial charge in [-0.05, 0) is 49.1 Å². The van der Waals surface area contributed by atoms with Gasteiger partial charge in [0.25, 0.3) is 0 Å². The van der Waals surface area contributed by atoms with Crippen molar-refractivity contribution in [3.63, 3.8) is 0 Å². The first-order valence-electron chi connectivity index (χ1n) is 10.5. The van der Waals surface area contributed by atoms with E-state index in [9.17, 15) is 9.59 Å². The van der Waals surface area contributed by atoms with Gasteiger partial charge >= 0.3 is 12.0 Å². The van der Waals surface area contributed by atoms with Crippen molar-refractivity contribution in [1.29, 1.82) is 0 Å². The van der Waals surface area contributed by atoms with E-state index in [1.165, 1.54) is 16.3 Å². The number of amides is 2. The van der Waals surface area contributed by atoms with Gasteiger partial charge in [-0.15, -0.1) is 0 Å². The molecule has 1 heterocycles. The molecular formula is C23H29N3O3. The average molecular weight is 396 g/mol. The van der Waals surface area contributed by atoms with E-state index in [2.05, 4.69) is 47.8 Å². The molecule has 29 heavy (non-hydrogen) atoms. The number of carbonyl (C=O) groups is 2. The first-order chi connectivity index (χ1) is 14.0. The highest BCUT2D eigenvalue weighted by molar-refractivity contribution is 5.87. The summed E-state index contributed by atoms with van der Waals surface area (Å²) in [6, 6.07) is 15.2. The van der Waals surface area contributed by atoms with Gasteiger partial charge in [-0.25, -0.2) is 4.79 Å². The van der Waals surface area contributed by atoms with Crippen molar-refractivity contribution in [3.05, 3.63) is 48.0 Å². The second-order valence-electron chi connectivity index (χ2n) is 8.35. The Balaban J connectivity index is 1.33. The molecule has 154 valence electrons. The number of aliphatic carboxylic acids is 1. The lowest BCUT2D eigenvalue weighted by molar-refractivity contribution is -0.138. The second kappa shape index (κ2) is 8.41. The highest BCUT2D eigenvalue weighted by Gasteiger charge is 2.41. The third-order valence-electron chi connectivity index (χ3n) is 6.31. The van der Waals surface area contributed by atoms with E-state index in [-0.39, 0.29) is 24.7 Å². The number of benzene rings is 2. The molecule has 2 amide bonds. The summed E-state index contributed by atoms with van der Waals surface area (Å²) in [4.78, 5) is 27.5. The predicted octanol–water partition coefficient (Wildman–Crippen LogP) is 3.28. The molecule has 0 bridgehead atoms. The minimum atomic E-state index is -0.806. The fourth-order valence-electron chi connectivity index (χ4n) is 4.59. The number of carboxylic acids is 1. The van der Waals surface area contributed by atoms with Crippen molar-refractivity contribution in [2.24, 2.45) is 0 Å². The van der Waals surface area contributed by atoms with Crippen molar-refractivity contribution in [1.82, 2.24) is 15.1 Å². The van der Waals surface area contributed by atoms with Crippen molar-refractivity contribution in [2.45, 2.75) is 43.7 Å². The average Bonchev–Trinajstić information content (AvgIpc) is 3.49. The Hall–Kier alpha value is -2.60. The molecule has 1 aliphatic carbocycles. The van der Waals surface area contributed by atoms with E-state index in [4.69, 9.17) is 5.11 Å². The maximum absolute atomic E-state index is 12.8. The normalized spacial score (nSPS) is 24.3. The summed E-state index contributed by atoms with van der Waals surface area (Å²) in [6.07, 6.45) is 3.63. The third kappa shape index (κ3) is 4.53. The number of urea groups is 1. The number of carbonyl (C=O) groups excluding carboxylic acids is 1. The highest BCUT2D eigenvalue weighted by Crippen LogP contribution is 2.43. The molecule has 4 rings (SSSR count). The number of nitrogens with one attached hydrogen (secondary N) is 1. The molecule has 1 aliphatic heterocycles. The maximum atomic E-state index is 12.8. The van der Waals surface area contributed by atoms with Gasteiger partial charge in [-0.1, -0.05) is 42.5 Å². The van der Waals surface area contributed by atoms with Crippen molar-refractivity contribution >= 4 is 22.8 Å². The smallest absolute Gasteiger partial charge is 0.317 e. The molecule has 0 spiro atoms. The number of carboxylic acid groups (broad SMARTS) is 1. The van der Waals surface area contributed by atoms with Crippen LogP contribution >= 0.6 is 0 Å². The monoisotopic (exact) mass is 395 g/mol. The molecular weight excluding hydrogens is 366 g/mol. The third-order valence-corrected chi connectivity index (χ3v) is 6.31. The molecule has 1 saturated carbocycles. The van der Waals surface area contributed by atoms with E-state index in [0.29, 0.717) is 12.5 Å². The minimum absolute atomic E-state index is 0.0132. The van der Waals surface area contributed by atoms with Gasteiger partial charge in [-0.2, -0.15) is 0 Å². The molecule has 2 aromatic rings. The zero-order valence-corrected chi connectivity index (χ0v) is 16.9. The maximum Gasteiger partial charge on any atom is 0.317 e. The summed E-state index contributed by atoms with van der Waals surface area (Å²) in [6.45, 7) is 1.45. The molecule has 1 unspecified atom stereocenters. The van der Waals surface area contributed by atoms with Crippen molar-refractivity contribution < 1.29 is 14.7 Å². The van der Waals surface area contributed by atoms with Crippen LogP contribution in [0, 0.1) is 0 Å². The van der Waals surface area contributed by atoms with Crippen LogP contribution in [0.4, 0.5) is 4.79 Å². The summed E-state index contributed by atoms with van der Waals surface area (Å²) in [7, 11) is 1.85. The standard InChI is InChI=1S/C23H29N3O3/c1-25(15-22(27)28)17-8-5-12-26(13-11-17)23(29)24-21-14-20(21)19-10-4-7-16-6-2-3-9-18(16)19/h2-4,6-7,9-10,17,20-21H,5,8,11-15H2,1H3,(H,24,29)(H,27,28)/t17?,20-,21+/m0/s1. The van der Waals surface area contributed by atoms with Crippen LogP contribution in [0.25, 0.3) is 10.8 Å². The predicted molar refractivity (Wildman–Crippen MR) is 113 cm³/mol. The Labute approximate surface area is 171 Å². The summed E-state index contributed by atoms with van der Waals surface area (Å²) in [5.74, 6) is -0.425. The van der Waals surface area contributed by atoms with Gasteiger partial charge in [0.2, 0.25) is 0 Å². The van der Waals surface area contributed by atoms with E-state index in [1.54, 1.807) is 0 Å². The number of likely N-dealkylation sites (N-methyl/N-ethyl adjacent to an activating group) is 1. The van der Waals surface area contributed by atoms with Crippen LogP contribution in [-0.4, -0.2) is 65.7 Å². The lowest BCUT2D eigenvalue weighted by Gasteiger charge is -2.25. The van der Waals surface area contributed by atoms with Crippen molar-refractivity contribution in [2.75, 3.05) is 26.7 Å². The molecule has 2 aliphatic rings.